The van der Waals surface area contributed by atoms with Crippen LogP contribution < -0.4 is 16.0 Å². The molecule has 2 heterocycles. The highest BCUT2D eigenvalue weighted by Crippen LogP contribution is 2.25. The van der Waals surface area contributed by atoms with Gasteiger partial charge in [-0.3, -0.25) is 4.79 Å². The Kier molecular flexibility index (Phi) is 4.95. The molecule has 0 aromatic carbocycles. The van der Waals surface area contributed by atoms with Crippen LogP contribution in [0.3, 0.4) is 0 Å². The molecule has 2 rings (SSSR count). The van der Waals surface area contributed by atoms with Crippen LogP contribution in [-0.2, 0) is 11.3 Å². The van der Waals surface area contributed by atoms with Gasteiger partial charge in [-0.25, -0.2) is 4.98 Å². The third-order valence-corrected chi connectivity index (χ3v) is 4.03. The van der Waals surface area contributed by atoms with Gasteiger partial charge in [-0.05, 0) is 37.3 Å². The highest BCUT2D eigenvalue weighted by atomic mass is 16.1. The average molecular weight is 276 g/mol. The van der Waals surface area contributed by atoms with Crippen LogP contribution in [-0.4, -0.2) is 30.5 Å². The fraction of sp³-hybridized carbons (Fsp3) is 0.600. The van der Waals surface area contributed by atoms with E-state index >= 15 is 0 Å². The van der Waals surface area contributed by atoms with Crippen molar-refractivity contribution in [2.45, 2.75) is 33.2 Å². The van der Waals surface area contributed by atoms with Crippen LogP contribution >= 0.6 is 0 Å². The first-order chi connectivity index (χ1) is 9.61. The maximum absolute atomic E-state index is 10.9. The van der Waals surface area contributed by atoms with Crippen LogP contribution in [0.2, 0.25) is 0 Å². The zero-order chi connectivity index (χ0) is 14.5. The zero-order valence-electron chi connectivity index (χ0n) is 12.4. The van der Waals surface area contributed by atoms with Crippen LogP contribution in [0.4, 0.5) is 5.82 Å². The van der Waals surface area contributed by atoms with Crippen LogP contribution in [0.25, 0.3) is 0 Å². The molecular weight excluding hydrogens is 252 g/mol. The Morgan fingerprint density at radius 2 is 2.20 bits per heavy atom. The normalized spacial score (nSPS) is 16.2. The zero-order valence-corrected chi connectivity index (χ0v) is 12.4. The molecule has 1 aromatic heterocycles. The molecule has 0 unspecified atom stereocenters. The summed E-state index contributed by atoms with van der Waals surface area (Å²) in [6.45, 7) is 6.92. The number of nitrogens with one attached hydrogen (secondary N) is 1. The lowest BCUT2D eigenvalue weighted by Crippen LogP contribution is -2.39. The van der Waals surface area contributed by atoms with Gasteiger partial charge in [0.2, 0.25) is 5.91 Å². The van der Waals surface area contributed by atoms with Crippen LogP contribution in [0.5, 0.6) is 0 Å². The molecule has 1 aromatic rings. The van der Waals surface area contributed by atoms with Crippen molar-refractivity contribution in [3.8, 4) is 0 Å². The molecule has 0 atom stereocenters. The van der Waals surface area contributed by atoms with Crippen molar-refractivity contribution in [3.05, 3.63) is 23.4 Å². The summed E-state index contributed by atoms with van der Waals surface area (Å²) in [7, 11) is 0. The molecular formula is C15H24N4O. The summed E-state index contributed by atoms with van der Waals surface area (Å²) >= 11 is 0. The lowest BCUT2D eigenvalue weighted by Gasteiger charge is -2.34. The van der Waals surface area contributed by atoms with Gasteiger partial charge < -0.3 is 16.0 Å². The third kappa shape index (κ3) is 3.48. The van der Waals surface area contributed by atoms with Gasteiger partial charge in [-0.15, -0.1) is 0 Å². The quantitative estimate of drug-likeness (QED) is 0.867. The SMILES string of the molecule is CC(=O)NCC1CCN(c2nccc(C)c2CN)CC1. The molecule has 1 aliphatic heterocycles. The summed E-state index contributed by atoms with van der Waals surface area (Å²) in [6, 6.07) is 2.01. The van der Waals surface area contributed by atoms with E-state index < -0.39 is 0 Å². The monoisotopic (exact) mass is 276 g/mol. The van der Waals surface area contributed by atoms with E-state index in [4.69, 9.17) is 5.73 Å². The molecule has 1 amide bonds. The van der Waals surface area contributed by atoms with Crippen molar-refractivity contribution in [1.82, 2.24) is 10.3 Å². The first-order valence-electron chi connectivity index (χ1n) is 7.25. The minimum Gasteiger partial charge on any atom is -0.356 e. The number of rotatable bonds is 4. The van der Waals surface area contributed by atoms with Gasteiger partial charge in [0.05, 0.1) is 0 Å². The molecule has 0 bridgehead atoms. The molecule has 5 heteroatoms. The number of nitrogens with two attached hydrogens (primary N) is 1. The standard InChI is InChI=1S/C15H24N4O/c1-11-3-6-17-15(14(11)9-16)19-7-4-13(5-8-19)10-18-12(2)20/h3,6,13H,4-5,7-10,16H2,1-2H3,(H,18,20). The minimum absolute atomic E-state index is 0.0539. The van der Waals surface area contributed by atoms with E-state index in [1.807, 2.05) is 12.3 Å². The van der Waals surface area contributed by atoms with Crippen LogP contribution in [0.1, 0.15) is 30.9 Å². The smallest absolute Gasteiger partial charge is 0.216 e. The van der Waals surface area contributed by atoms with E-state index in [9.17, 15) is 4.79 Å². The van der Waals surface area contributed by atoms with E-state index in [0.717, 1.165) is 43.9 Å². The number of anilines is 1. The lowest BCUT2D eigenvalue weighted by atomic mass is 9.96. The number of pyridine rings is 1. The van der Waals surface area contributed by atoms with Crippen molar-refractivity contribution in [2.75, 3.05) is 24.5 Å². The first-order valence-corrected chi connectivity index (χ1v) is 7.25. The predicted molar refractivity (Wildman–Crippen MR) is 80.5 cm³/mol. The largest absolute Gasteiger partial charge is 0.356 e. The van der Waals surface area contributed by atoms with Crippen molar-refractivity contribution < 1.29 is 4.79 Å². The summed E-state index contributed by atoms with van der Waals surface area (Å²) in [5.41, 5.74) is 8.20. The Hall–Kier alpha value is -1.62. The van der Waals surface area contributed by atoms with Crippen molar-refractivity contribution in [1.29, 1.82) is 0 Å². The Morgan fingerprint density at radius 3 is 2.80 bits per heavy atom. The van der Waals surface area contributed by atoms with E-state index in [0.29, 0.717) is 12.5 Å². The highest BCUT2D eigenvalue weighted by molar-refractivity contribution is 5.72. The first kappa shape index (κ1) is 14.8. The minimum atomic E-state index is 0.0539. The van der Waals surface area contributed by atoms with Gasteiger partial charge >= 0.3 is 0 Å². The van der Waals surface area contributed by atoms with Gasteiger partial charge in [0.1, 0.15) is 5.82 Å². The average Bonchev–Trinajstić information content (AvgIpc) is 2.45. The van der Waals surface area contributed by atoms with Crippen LogP contribution in [0.15, 0.2) is 12.3 Å². The molecule has 20 heavy (non-hydrogen) atoms. The Labute approximate surface area is 120 Å². The lowest BCUT2D eigenvalue weighted by molar-refractivity contribution is -0.119. The molecule has 1 aliphatic rings. The molecule has 0 aliphatic carbocycles. The number of aromatic nitrogens is 1. The molecule has 1 fully saturated rings. The van der Waals surface area contributed by atoms with Gasteiger partial charge in [-0.1, -0.05) is 0 Å². The van der Waals surface area contributed by atoms with Gasteiger partial charge in [-0.2, -0.15) is 0 Å². The van der Waals surface area contributed by atoms with Crippen molar-refractivity contribution >= 4 is 11.7 Å². The maximum atomic E-state index is 10.9. The second-order valence-electron chi connectivity index (χ2n) is 5.50. The molecule has 110 valence electrons. The number of carbonyl (C=O) groups is 1. The van der Waals surface area contributed by atoms with Gasteiger partial charge in [0, 0.05) is 44.9 Å². The summed E-state index contributed by atoms with van der Waals surface area (Å²) in [5.74, 6) is 1.66. The van der Waals surface area contributed by atoms with E-state index in [1.54, 1.807) is 6.92 Å². The number of aryl methyl sites for hydroxylation is 1. The molecule has 0 spiro atoms. The van der Waals surface area contributed by atoms with Crippen molar-refractivity contribution in [2.24, 2.45) is 11.7 Å². The molecule has 0 saturated carbocycles. The number of nitrogens with zero attached hydrogens (tertiary/aromatic N) is 2. The Bertz CT molecular complexity index is 467. The van der Waals surface area contributed by atoms with Crippen LogP contribution in [0, 0.1) is 12.8 Å². The fourth-order valence-electron chi connectivity index (χ4n) is 2.74. The number of hydrogen-bond donors (Lipinski definition) is 2. The second kappa shape index (κ2) is 6.70. The number of carbonyl (C=O) groups excluding carboxylic acids is 1. The Morgan fingerprint density at radius 1 is 1.50 bits per heavy atom. The summed E-state index contributed by atoms with van der Waals surface area (Å²) in [4.78, 5) is 17.8. The van der Waals surface area contributed by atoms with Gasteiger partial charge in [0.15, 0.2) is 0 Å². The number of piperidine rings is 1. The predicted octanol–water partition coefficient (Wildman–Crippen LogP) is 1.20. The van der Waals surface area contributed by atoms with E-state index in [2.05, 4.69) is 22.1 Å². The second-order valence-corrected chi connectivity index (χ2v) is 5.50. The van der Waals surface area contributed by atoms with Crippen molar-refractivity contribution in [3.63, 3.8) is 0 Å². The van der Waals surface area contributed by atoms with E-state index in [1.165, 1.54) is 5.56 Å². The molecule has 3 N–H and O–H groups in total. The third-order valence-electron chi connectivity index (χ3n) is 4.03. The summed E-state index contributed by atoms with van der Waals surface area (Å²) in [6.07, 6.45) is 4.02. The molecule has 5 nitrogen and oxygen atoms in total. The fourth-order valence-corrected chi connectivity index (χ4v) is 2.74. The Balaban J connectivity index is 1.97. The van der Waals surface area contributed by atoms with E-state index in [-0.39, 0.29) is 5.91 Å². The number of hydrogen-bond acceptors (Lipinski definition) is 4. The molecule has 0 radical (unpaired) electrons. The molecule has 1 saturated heterocycles. The maximum Gasteiger partial charge on any atom is 0.216 e. The summed E-state index contributed by atoms with van der Waals surface area (Å²) < 4.78 is 0. The topological polar surface area (TPSA) is 71.2 Å². The van der Waals surface area contributed by atoms with Gasteiger partial charge in [0.25, 0.3) is 0 Å². The highest BCUT2D eigenvalue weighted by Gasteiger charge is 2.22. The number of amides is 1. The summed E-state index contributed by atoms with van der Waals surface area (Å²) in [5, 5.41) is 2.91.